The zero-order valence-corrected chi connectivity index (χ0v) is 9.25. The lowest BCUT2D eigenvalue weighted by atomic mass is 10.2. The van der Waals surface area contributed by atoms with Crippen LogP contribution in [0.15, 0.2) is 0 Å². The molecule has 0 fully saturated rings. The average molecular weight is 204 g/mol. The van der Waals surface area contributed by atoms with Crippen molar-refractivity contribution < 1.29 is 19.3 Å². The molecule has 0 aliphatic heterocycles. The summed E-state index contributed by atoms with van der Waals surface area (Å²) >= 11 is 0. The monoisotopic (exact) mass is 204 g/mol. The molecule has 0 amide bonds. The standard InChI is InChI=1S/C10H20O4/c1-4-5-6-7-8-12-10(11)14-13-9(2)3/h9H,4-8H2,1-3H3. The second kappa shape index (κ2) is 8.81. The lowest BCUT2D eigenvalue weighted by Crippen LogP contribution is -2.12. The van der Waals surface area contributed by atoms with Gasteiger partial charge in [0.25, 0.3) is 0 Å². The second-order valence-electron chi connectivity index (χ2n) is 3.39. The van der Waals surface area contributed by atoms with Crippen LogP contribution in [0.4, 0.5) is 4.79 Å². The van der Waals surface area contributed by atoms with E-state index in [4.69, 9.17) is 4.74 Å². The van der Waals surface area contributed by atoms with Gasteiger partial charge in [-0.2, -0.15) is 4.89 Å². The van der Waals surface area contributed by atoms with E-state index in [2.05, 4.69) is 16.7 Å². The zero-order valence-electron chi connectivity index (χ0n) is 9.25. The van der Waals surface area contributed by atoms with Crippen molar-refractivity contribution in [2.24, 2.45) is 0 Å². The van der Waals surface area contributed by atoms with Crippen molar-refractivity contribution in [2.45, 2.75) is 52.6 Å². The highest BCUT2D eigenvalue weighted by Gasteiger charge is 2.05. The van der Waals surface area contributed by atoms with E-state index in [-0.39, 0.29) is 6.10 Å². The van der Waals surface area contributed by atoms with Gasteiger partial charge in [0.15, 0.2) is 0 Å². The minimum atomic E-state index is -0.754. The Morgan fingerprint density at radius 1 is 1.21 bits per heavy atom. The summed E-state index contributed by atoms with van der Waals surface area (Å²) in [7, 11) is 0. The molecule has 0 N–H and O–H groups in total. The van der Waals surface area contributed by atoms with Gasteiger partial charge < -0.3 is 4.74 Å². The first-order valence-electron chi connectivity index (χ1n) is 5.17. The van der Waals surface area contributed by atoms with Crippen molar-refractivity contribution in [3.05, 3.63) is 0 Å². The maximum atomic E-state index is 10.8. The molecule has 0 aromatic heterocycles. The molecule has 14 heavy (non-hydrogen) atoms. The van der Waals surface area contributed by atoms with Crippen LogP contribution < -0.4 is 0 Å². The topological polar surface area (TPSA) is 44.8 Å². The molecule has 0 aliphatic rings. The molecule has 0 aromatic carbocycles. The zero-order chi connectivity index (χ0) is 10.8. The summed E-state index contributed by atoms with van der Waals surface area (Å²) in [6.45, 7) is 6.08. The quantitative estimate of drug-likeness (QED) is 0.277. The van der Waals surface area contributed by atoms with Crippen LogP contribution in [0.3, 0.4) is 0 Å². The Balaban J connectivity index is 3.18. The third kappa shape index (κ3) is 9.32. The molecule has 0 bridgehead atoms. The summed E-state index contributed by atoms with van der Waals surface area (Å²) in [4.78, 5) is 19.8. The molecule has 0 atom stereocenters. The first kappa shape index (κ1) is 13.2. The summed E-state index contributed by atoms with van der Waals surface area (Å²) in [5.74, 6) is 0. The van der Waals surface area contributed by atoms with E-state index in [1.54, 1.807) is 13.8 Å². The molecule has 0 saturated heterocycles. The minimum absolute atomic E-state index is 0.136. The highest BCUT2D eigenvalue weighted by atomic mass is 17.2. The maximum absolute atomic E-state index is 10.8. The van der Waals surface area contributed by atoms with Crippen LogP contribution in [-0.4, -0.2) is 18.9 Å². The van der Waals surface area contributed by atoms with Crippen LogP contribution in [0.5, 0.6) is 0 Å². The Hall–Kier alpha value is -0.770. The first-order chi connectivity index (χ1) is 6.66. The Labute approximate surface area is 85.5 Å². The van der Waals surface area contributed by atoms with Gasteiger partial charge in [-0.25, -0.2) is 4.79 Å². The first-order valence-corrected chi connectivity index (χ1v) is 5.17. The van der Waals surface area contributed by atoms with Crippen molar-refractivity contribution in [3.63, 3.8) is 0 Å². The van der Waals surface area contributed by atoms with E-state index in [9.17, 15) is 4.79 Å². The van der Waals surface area contributed by atoms with Gasteiger partial charge in [-0.05, 0) is 20.3 Å². The lowest BCUT2D eigenvalue weighted by Gasteiger charge is -2.06. The number of ether oxygens (including phenoxy) is 1. The molecule has 0 spiro atoms. The lowest BCUT2D eigenvalue weighted by molar-refractivity contribution is -0.278. The molecule has 4 nitrogen and oxygen atoms in total. The number of hydrogen-bond donors (Lipinski definition) is 0. The van der Waals surface area contributed by atoms with Crippen molar-refractivity contribution in [2.75, 3.05) is 6.61 Å². The molecule has 0 unspecified atom stereocenters. The molecule has 0 aliphatic carbocycles. The highest BCUT2D eigenvalue weighted by molar-refractivity contribution is 5.58. The van der Waals surface area contributed by atoms with Crippen LogP contribution >= 0.6 is 0 Å². The van der Waals surface area contributed by atoms with Gasteiger partial charge in [0.2, 0.25) is 0 Å². The smallest absolute Gasteiger partial charge is 0.432 e. The summed E-state index contributed by atoms with van der Waals surface area (Å²) in [5, 5.41) is 0. The SMILES string of the molecule is CCCCCCOC(=O)OOC(C)C. The van der Waals surface area contributed by atoms with Crippen molar-refractivity contribution in [3.8, 4) is 0 Å². The predicted molar refractivity (Wildman–Crippen MR) is 52.8 cm³/mol. The third-order valence-corrected chi connectivity index (χ3v) is 1.53. The van der Waals surface area contributed by atoms with Crippen LogP contribution in [0, 0.1) is 0 Å². The number of unbranched alkanes of at least 4 members (excludes halogenated alkanes) is 3. The Bertz CT molecular complexity index is 145. The van der Waals surface area contributed by atoms with E-state index >= 15 is 0 Å². The van der Waals surface area contributed by atoms with Crippen molar-refractivity contribution in [1.29, 1.82) is 0 Å². The summed E-state index contributed by atoms with van der Waals surface area (Å²) in [6, 6.07) is 0. The van der Waals surface area contributed by atoms with Crippen LogP contribution in [0.25, 0.3) is 0 Å². The van der Waals surface area contributed by atoms with Gasteiger partial charge in [-0.3, -0.25) is 4.89 Å². The maximum Gasteiger partial charge on any atom is 0.540 e. The number of carbonyl (C=O) groups excluding carboxylic acids is 1. The van der Waals surface area contributed by atoms with Crippen LogP contribution in [0.1, 0.15) is 46.5 Å². The molecule has 0 rings (SSSR count). The van der Waals surface area contributed by atoms with Gasteiger partial charge >= 0.3 is 6.16 Å². The van der Waals surface area contributed by atoms with Crippen molar-refractivity contribution in [1.82, 2.24) is 0 Å². The fourth-order valence-corrected chi connectivity index (χ4v) is 0.844. The highest BCUT2D eigenvalue weighted by Crippen LogP contribution is 2.00. The van der Waals surface area contributed by atoms with E-state index in [1.807, 2.05) is 0 Å². The van der Waals surface area contributed by atoms with Gasteiger partial charge in [-0.15, -0.1) is 0 Å². The molecular formula is C10H20O4. The largest absolute Gasteiger partial charge is 0.540 e. The van der Waals surface area contributed by atoms with Crippen LogP contribution in [0.2, 0.25) is 0 Å². The van der Waals surface area contributed by atoms with E-state index in [1.165, 1.54) is 12.8 Å². The number of carbonyl (C=O) groups is 1. The fourth-order valence-electron chi connectivity index (χ4n) is 0.844. The predicted octanol–water partition coefficient (Wildman–Crippen LogP) is 3.06. The van der Waals surface area contributed by atoms with Crippen molar-refractivity contribution >= 4 is 6.16 Å². The summed E-state index contributed by atoms with van der Waals surface area (Å²) < 4.78 is 4.75. The molecule has 0 radical (unpaired) electrons. The van der Waals surface area contributed by atoms with Gasteiger partial charge in [0, 0.05) is 0 Å². The fraction of sp³-hybridized carbons (Fsp3) is 0.900. The molecule has 0 aromatic rings. The third-order valence-electron chi connectivity index (χ3n) is 1.53. The molecular weight excluding hydrogens is 184 g/mol. The Morgan fingerprint density at radius 3 is 2.50 bits per heavy atom. The molecule has 84 valence electrons. The summed E-state index contributed by atoms with van der Waals surface area (Å²) in [6.07, 6.45) is 3.40. The second-order valence-corrected chi connectivity index (χ2v) is 3.39. The van der Waals surface area contributed by atoms with E-state index in [0.717, 1.165) is 12.8 Å². The van der Waals surface area contributed by atoms with Gasteiger partial charge in [-0.1, -0.05) is 26.2 Å². The van der Waals surface area contributed by atoms with Gasteiger partial charge in [0.05, 0.1) is 12.7 Å². The molecule has 0 heterocycles. The van der Waals surface area contributed by atoms with E-state index in [0.29, 0.717) is 6.61 Å². The number of rotatable bonds is 7. The normalized spacial score (nSPS) is 10.3. The summed E-state index contributed by atoms with van der Waals surface area (Å²) in [5.41, 5.74) is 0. The van der Waals surface area contributed by atoms with Crippen LogP contribution in [-0.2, 0) is 14.5 Å². The number of hydrogen-bond acceptors (Lipinski definition) is 4. The average Bonchev–Trinajstić information content (AvgIpc) is 2.14. The van der Waals surface area contributed by atoms with Gasteiger partial charge in [0.1, 0.15) is 0 Å². The van der Waals surface area contributed by atoms with E-state index < -0.39 is 6.16 Å². The molecule has 4 heteroatoms. The molecule has 0 saturated carbocycles. The Morgan fingerprint density at radius 2 is 1.93 bits per heavy atom. The Kier molecular flexibility index (Phi) is 8.33. The minimum Gasteiger partial charge on any atom is -0.432 e.